The zero-order valence-electron chi connectivity index (χ0n) is 11.3. The van der Waals surface area contributed by atoms with E-state index < -0.39 is 0 Å². The monoisotopic (exact) mass is 283 g/mol. The van der Waals surface area contributed by atoms with Crippen molar-refractivity contribution in [1.29, 1.82) is 0 Å². The Hall–Kier alpha value is -1.17. The smallest absolute Gasteiger partial charge is 0.119 e. The largest absolute Gasteiger partial charge is 0.494 e. The first-order valence-corrected chi connectivity index (χ1v) is 6.74. The molecule has 106 valence electrons. The summed E-state index contributed by atoms with van der Waals surface area (Å²) in [6, 6.07) is 7.46. The van der Waals surface area contributed by atoms with E-state index in [1.165, 1.54) is 0 Å². The lowest BCUT2D eigenvalue weighted by Crippen LogP contribution is -2.09. The predicted molar refractivity (Wildman–Crippen MR) is 79.8 cm³/mol. The van der Waals surface area contributed by atoms with Crippen LogP contribution >= 0.6 is 12.2 Å². The summed E-state index contributed by atoms with van der Waals surface area (Å²) in [5.74, 6) is 0.819. The Bertz CT molecular complexity index is 367. The number of benzene rings is 1. The van der Waals surface area contributed by atoms with Crippen molar-refractivity contribution >= 4 is 17.2 Å². The Morgan fingerprint density at radius 1 is 1.05 bits per heavy atom. The Morgan fingerprint density at radius 3 is 2.26 bits per heavy atom. The molecule has 0 saturated carbocycles. The van der Waals surface area contributed by atoms with Crippen LogP contribution in [-0.2, 0) is 9.47 Å². The van der Waals surface area contributed by atoms with Gasteiger partial charge in [-0.1, -0.05) is 12.2 Å². The van der Waals surface area contributed by atoms with E-state index in [9.17, 15) is 0 Å². The van der Waals surface area contributed by atoms with Crippen LogP contribution in [0.3, 0.4) is 0 Å². The lowest BCUT2D eigenvalue weighted by Gasteiger charge is -2.07. The van der Waals surface area contributed by atoms with Gasteiger partial charge in [-0.25, -0.2) is 0 Å². The van der Waals surface area contributed by atoms with E-state index in [1.54, 1.807) is 7.11 Å². The number of hydrogen-bond acceptors (Lipinski definition) is 4. The molecular weight excluding hydrogens is 262 g/mol. The molecule has 0 saturated heterocycles. The SMILES string of the molecule is COCCCOCCCOc1ccc(C(N)=S)cc1. The second-order valence-corrected chi connectivity index (χ2v) is 4.49. The van der Waals surface area contributed by atoms with Gasteiger partial charge in [-0.05, 0) is 30.7 Å². The van der Waals surface area contributed by atoms with E-state index in [2.05, 4.69) is 0 Å². The lowest BCUT2D eigenvalue weighted by atomic mass is 10.2. The van der Waals surface area contributed by atoms with Crippen LogP contribution in [0.15, 0.2) is 24.3 Å². The quantitative estimate of drug-likeness (QED) is 0.527. The number of rotatable bonds is 10. The Morgan fingerprint density at radius 2 is 1.68 bits per heavy atom. The van der Waals surface area contributed by atoms with E-state index >= 15 is 0 Å². The topological polar surface area (TPSA) is 53.7 Å². The molecule has 0 aliphatic rings. The summed E-state index contributed by atoms with van der Waals surface area (Å²) in [5, 5.41) is 0. The van der Waals surface area contributed by atoms with Gasteiger partial charge >= 0.3 is 0 Å². The molecule has 0 aliphatic heterocycles. The molecule has 19 heavy (non-hydrogen) atoms. The maximum absolute atomic E-state index is 5.58. The second-order valence-electron chi connectivity index (χ2n) is 4.05. The first kappa shape index (κ1) is 15.9. The minimum Gasteiger partial charge on any atom is -0.494 e. The van der Waals surface area contributed by atoms with Crippen molar-refractivity contribution in [2.45, 2.75) is 12.8 Å². The molecule has 1 aromatic rings. The van der Waals surface area contributed by atoms with Crippen molar-refractivity contribution < 1.29 is 14.2 Å². The summed E-state index contributed by atoms with van der Waals surface area (Å²) < 4.78 is 15.9. The fraction of sp³-hybridized carbons (Fsp3) is 0.500. The van der Waals surface area contributed by atoms with Gasteiger partial charge in [-0.2, -0.15) is 0 Å². The Kier molecular flexibility index (Phi) is 8.13. The zero-order chi connectivity index (χ0) is 13.9. The molecule has 0 radical (unpaired) electrons. The maximum Gasteiger partial charge on any atom is 0.119 e. The molecule has 0 aliphatic carbocycles. The van der Waals surface area contributed by atoms with E-state index in [0.717, 1.165) is 37.4 Å². The molecule has 0 fully saturated rings. The van der Waals surface area contributed by atoms with Gasteiger partial charge in [-0.3, -0.25) is 0 Å². The number of ether oxygens (including phenoxy) is 3. The van der Waals surface area contributed by atoms with Gasteiger partial charge in [0.25, 0.3) is 0 Å². The molecule has 0 aromatic heterocycles. The summed E-state index contributed by atoms with van der Waals surface area (Å²) in [7, 11) is 1.69. The van der Waals surface area contributed by atoms with Crippen LogP contribution < -0.4 is 10.5 Å². The van der Waals surface area contributed by atoms with Crippen molar-refractivity contribution in [3.8, 4) is 5.75 Å². The molecule has 1 rings (SSSR count). The molecule has 2 N–H and O–H groups in total. The number of hydrogen-bond donors (Lipinski definition) is 1. The van der Waals surface area contributed by atoms with Gasteiger partial charge in [0.15, 0.2) is 0 Å². The van der Waals surface area contributed by atoms with Crippen LogP contribution in [0.4, 0.5) is 0 Å². The average molecular weight is 283 g/mol. The van der Waals surface area contributed by atoms with Crippen molar-refractivity contribution in [3.05, 3.63) is 29.8 Å². The van der Waals surface area contributed by atoms with Crippen LogP contribution in [-0.4, -0.2) is 38.5 Å². The molecule has 0 unspecified atom stereocenters. The normalized spacial score (nSPS) is 10.4. The molecule has 5 heteroatoms. The van der Waals surface area contributed by atoms with Crippen molar-refractivity contribution in [1.82, 2.24) is 0 Å². The van der Waals surface area contributed by atoms with Gasteiger partial charge in [0.05, 0.1) is 6.61 Å². The summed E-state index contributed by atoms with van der Waals surface area (Å²) in [6.45, 7) is 2.81. The zero-order valence-corrected chi connectivity index (χ0v) is 12.1. The molecular formula is C14H21NO3S. The fourth-order valence-corrected chi connectivity index (χ4v) is 1.61. The van der Waals surface area contributed by atoms with Gasteiger partial charge in [-0.15, -0.1) is 0 Å². The highest BCUT2D eigenvalue weighted by Crippen LogP contribution is 2.12. The highest BCUT2D eigenvalue weighted by Gasteiger charge is 1.97. The lowest BCUT2D eigenvalue weighted by molar-refractivity contribution is 0.0940. The van der Waals surface area contributed by atoms with E-state index in [1.807, 2.05) is 24.3 Å². The third kappa shape index (κ3) is 7.10. The van der Waals surface area contributed by atoms with Crippen LogP contribution in [0, 0.1) is 0 Å². The van der Waals surface area contributed by atoms with E-state index in [4.69, 9.17) is 32.2 Å². The summed E-state index contributed by atoms with van der Waals surface area (Å²) >= 11 is 4.88. The van der Waals surface area contributed by atoms with Crippen molar-refractivity contribution in [2.75, 3.05) is 33.5 Å². The molecule has 0 amide bonds. The first-order valence-electron chi connectivity index (χ1n) is 6.33. The van der Waals surface area contributed by atoms with Gasteiger partial charge in [0.2, 0.25) is 0 Å². The summed E-state index contributed by atoms with van der Waals surface area (Å²) in [6.07, 6.45) is 1.79. The third-order valence-corrected chi connectivity index (χ3v) is 2.71. The minimum atomic E-state index is 0.399. The standard InChI is InChI=1S/C14H21NO3S/c1-16-8-2-9-17-10-3-11-18-13-6-4-12(5-7-13)14(15)19/h4-7H,2-3,8-11H2,1H3,(H2,15,19). The van der Waals surface area contributed by atoms with E-state index in [-0.39, 0.29) is 0 Å². The number of thiocarbonyl (C=S) groups is 1. The van der Waals surface area contributed by atoms with Gasteiger partial charge < -0.3 is 19.9 Å². The van der Waals surface area contributed by atoms with Crippen LogP contribution in [0.25, 0.3) is 0 Å². The number of methoxy groups -OCH3 is 1. The fourth-order valence-electron chi connectivity index (χ4n) is 1.47. The van der Waals surface area contributed by atoms with Crippen LogP contribution in [0.5, 0.6) is 5.75 Å². The second kappa shape index (κ2) is 9.72. The summed E-state index contributed by atoms with van der Waals surface area (Å²) in [5.41, 5.74) is 6.37. The minimum absolute atomic E-state index is 0.399. The van der Waals surface area contributed by atoms with Gasteiger partial charge in [0.1, 0.15) is 10.7 Å². The van der Waals surface area contributed by atoms with Crippen molar-refractivity contribution in [3.63, 3.8) is 0 Å². The number of nitrogens with two attached hydrogens (primary N) is 1. The highest BCUT2D eigenvalue weighted by molar-refractivity contribution is 7.80. The molecule has 1 aromatic carbocycles. The van der Waals surface area contributed by atoms with Crippen molar-refractivity contribution in [2.24, 2.45) is 5.73 Å². The maximum atomic E-state index is 5.58. The van der Waals surface area contributed by atoms with Crippen LogP contribution in [0.2, 0.25) is 0 Å². The average Bonchev–Trinajstić information content (AvgIpc) is 2.42. The highest BCUT2D eigenvalue weighted by atomic mass is 32.1. The Balaban J connectivity index is 2.07. The molecule has 0 heterocycles. The van der Waals surface area contributed by atoms with E-state index in [0.29, 0.717) is 18.2 Å². The first-order chi connectivity index (χ1) is 9.24. The third-order valence-electron chi connectivity index (χ3n) is 2.48. The molecule has 0 bridgehead atoms. The predicted octanol–water partition coefficient (Wildman–Crippen LogP) is 2.14. The molecule has 4 nitrogen and oxygen atoms in total. The molecule has 0 spiro atoms. The Labute approximate surface area is 119 Å². The van der Waals surface area contributed by atoms with Gasteiger partial charge in [0, 0.05) is 38.9 Å². The summed E-state index contributed by atoms with van der Waals surface area (Å²) in [4.78, 5) is 0.399. The molecule has 0 atom stereocenters. The van der Waals surface area contributed by atoms with Crippen LogP contribution in [0.1, 0.15) is 18.4 Å².